The molecule has 0 fully saturated rings. The van der Waals surface area contributed by atoms with E-state index >= 15 is 0 Å². The van der Waals surface area contributed by atoms with Gasteiger partial charge in [0.15, 0.2) is 16.6 Å². The number of anilines is 1. The third-order valence-corrected chi connectivity index (χ3v) is 4.95. The van der Waals surface area contributed by atoms with Gasteiger partial charge in [-0.25, -0.2) is 4.98 Å². The van der Waals surface area contributed by atoms with Crippen molar-refractivity contribution in [3.05, 3.63) is 70.2 Å². The number of halogens is 3. The summed E-state index contributed by atoms with van der Waals surface area (Å²) < 4.78 is 48.9. The van der Waals surface area contributed by atoms with E-state index in [0.717, 1.165) is 17.0 Å². The summed E-state index contributed by atoms with van der Waals surface area (Å²) in [5.74, 6) is 0.712. The van der Waals surface area contributed by atoms with Crippen molar-refractivity contribution < 1.29 is 27.4 Å². The van der Waals surface area contributed by atoms with Crippen LogP contribution in [0.15, 0.2) is 48.7 Å². The van der Waals surface area contributed by atoms with Crippen LogP contribution >= 0.6 is 11.3 Å². The maximum Gasteiger partial charge on any atom is 0.416 e. The van der Waals surface area contributed by atoms with Crippen molar-refractivity contribution in [2.45, 2.75) is 12.6 Å². The van der Waals surface area contributed by atoms with Gasteiger partial charge in [0.1, 0.15) is 0 Å². The Kier molecular flexibility index (Phi) is 4.68. The molecule has 0 bridgehead atoms. The average Bonchev–Trinajstić information content (AvgIpc) is 3.29. The number of nitrogens with one attached hydrogen (secondary N) is 1. The number of thiazole rings is 1. The average molecular weight is 406 g/mol. The molecule has 0 spiro atoms. The van der Waals surface area contributed by atoms with E-state index in [4.69, 9.17) is 9.47 Å². The Balaban J connectivity index is 1.44. The van der Waals surface area contributed by atoms with Gasteiger partial charge >= 0.3 is 6.18 Å². The van der Waals surface area contributed by atoms with Crippen LogP contribution in [0.4, 0.5) is 18.3 Å². The number of amides is 1. The predicted molar refractivity (Wildman–Crippen MR) is 96.9 cm³/mol. The lowest BCUT2D eigenvalue weighted by atomic mass is 10.1. The molecule has 0 atom stereocenters. The number of carbonyl (C=O) groups excluding carboxylic acids is 1. The van der Waals surface area contributed by atoms with Crippen LogP contribution in [0.3, 0.4) is 0 Å². The van der Waals surface area contributed by atoms with E-state index in [0.29, 0.717) is 34.2 Å². The van der Waals surface area contributed by atoms with Gasteiger partial charge in [0.05, 0.1) is 5.56 Å². The maximum absolute atomic E-state index is 12.8. The lowest BCUT2D eigenvalue weighted by Gasteiger charge is -2.07. The topological polar surface area (TPSA) is 60.5 Å². The zero-order valence-corrected chi connectivity index (χ0v) is 15.1. The molecular formula is C19H13F3N2O3S. The van der Waals surface area contributed by atoms with E-state index in [-0.39, 0.29) is 12.7 Å². The Morgan fingerprint density at radius 3 is 2.79 bits per heavy atom. The number of benzene rings is 2. The molecule has 1 aliphatic heterocycles. The number of hydrogen-bond acceptors (Lipinski definition) is 5. The minimum absolute atomic E-state index is 0.117. The molecule has 0 aliphatic carbocycles. The molecule has 1 aromatic heterocycles. The van der Waals surface area contributed by atoms with E-state index in [1.54, 1.807) is 30.5 Å². The molecule has 9 heteroatoms. The summed E-state index contributed by atoms with van der Waals surface area (Å²) in [5, 5.41) is 3.05. The van der Waals surface area contributed by atoms with Gasteiger partial charge in [-0.2, -0.15) is 13.2 Å². The Bertz CT molecular complexity index is 1030. The molecule has 3 aromatic rings. The van der Waals surface area contributed by atoms with Crippen molar-refractivity contribution >= 4 is 22.4 Å². The van der Waals surface area contributed by atoms with Crippen molar-refractivity contribution in [3.63, 3.8) is 0 Å². The number of carbonyl (C=O) groups is 1. The second-order valence-corrected chi connectivity index (χ2v) is 7.14. The molecule has 5 nitrogen and oxygen atoms in total. The van der Waals surface area contributed by atoms with Crippen LogP contribution in [0, 0.1) is 0 Å². The predicted octanol–water partition coefficient (Wildman–Crippen LogP) is 4.73. The van der Waals surface area contributed by atoms with Crippen molar-refractivity contribution in [2.24, 2.45) is 0 Å². The second kappa shape index (κ2) is 7.16. The molecule has 2 heterocycles. The lowest BCUT2D eigenvalue weighted by Crippen LogP contribution is -2.11. The van der Waals surface area contributed by atoms with Gasteiger partial charge in [0.25, 0.3) is 5.91 Å². The number of fused-ring (bicyclic) bond motifs is 1. The minimum atomic E-state index is -4.38. The number of alkyl halides is 3. The van der Waals surface area contributed by atoms with Crippen LogP contribution in [0.2, 0.25) is 0 Å². The normalized spacial score (nSPS) is 12.8. The lowest BCUT2D eigenvalue weighted by molar-refractivity contribution is -0.137. The minimum Gasteiger partial charge on any atom is -0.454 e. The van der Waals surface area contributed by atoms with Crippen LogP contribution < -0.4 is 14.8 Å². The quantitative estimate of drug-likeness (QED) is 0.680. The van der Waals surface area contributed by atoms with Gasteiger partial charge in [-0.3, -0.25) is 10.1 Å². The molecule has 2 aromatic carbocycles. The van der Waals surface area contributed by atoms with Crippen molar-refractivity contribution in [2.75, 3.05) is 12.1 Å². The molecule has 1 amide bonds. The van der Waals surface area contributed by atoms with Crippen molar-refractivity contribution in [3.8, 4) is 11.5 Å². The summed E-state index contributed by atoms with van der Waals surface area (Å²) in [6.45, 7) is 0.117. The van der Waals surface area contributed by atoms with E-state index in [2.05, 4.69) is 10.3 Å². The molecular weight excluding hydrogens is 393 g/mol. The van der Waals surface area contributed by atoms with Crippen LogP contribution in [0.25, 0.3) is 0 Å². The van der Waals surface area contributed by atoms with E-state index in [1.807, 2.05) is 0 Å². The summed E-state index contributed by atoms with van der Waals surface area (Å²) in [4.78, 5) is 17.2. The summed E-state index contributed by atoms with van der Waals surface area (Å²) in [6, 6.07) is 9.99. The van der Waals surface area contributed by atoms with Gasteiger partial charge in [-0.15, -0.1) is 11.3 Å². The zero-order valence-electron chi connectivity index (χ0n) is 14.2. The first kappa shape index (κ1) is 18.3. The van der Waals surface area contributed by atoms with Crippen LogP contribution in [-0.2, 0) is 12.6 Å². The molecule has 4 rings (SSSR count). The molecule has 0 unspecified atom stereocenters. The molecule has 0 radical (unpaired) electrons. The smallest absolute Gasteiger partial charge is 0.416 e. The van der Waals surface area contributed by atoms with Gasteiger partial charge in [-0.1, -0.05) is 18.2 Å². The fourth-order valence-electron chi connectivity index (χ4n) is 2.71. The molecule has 1 aliphatic rings. The van der Waals surface area contributed by atoms with Gasteiger partial charge in [0, 0.05) is 23.1 Å². The number of aromatic nitrogens is 1. The molecule has 0 saturated heterocycles. The number of rotatable bonds is 4. The summed E-state index contributed by atoms with van der Waals surface area (Å²) >= 11 is 1.21. The molecule has 144 valence electrons. The monoisotopic (exact) mass is 406 g/mol. The number of nitrogens with zero attached hydrogens (tertiary/aromatic N) is 1. The second-order valence-electron chi connectivity index (χ2n) is 6.03. The molecule has 1 N–H and O–H groups in total. The summed E-state index contributed by atoms with van der Waals surface area (Å²) in [6.07, 6.45) is -2.55. The highest BCUT2D eigenvalue weighted by atomic mass is 32.1. The Morgan fingerprint density at radius 2 is 1.96 bits per heavy atom. The summed E-state index contributed by atoms with van der Waals surface area (Å²) in [7, 11) is 0. The van der Waals surface area contributed by atoms with Crippen LogP contribution in [-0.4, -0.2) is 17.7 Å². The Morgan fingerprint density at radius 1 is 1.14 bits per heavy atom. The Labute approximate surface area is 161 Å². The first-order chi connectivity index (χ1) is 13.4. The largest absolute Gasteiger partial charge is 0.454 e. The third-order valence-electron chi connectivity index (χ3n) is 4.04. The number of ether oxygens (including phenoxy) is 2. The number of hydrogen-bond donors (Lipinski definition) is 1. The first-order valence-corrected chi connectivity index (χ1v) is 9.02. The third kappa shape index (κ3) is 3.94. The SMILES string of the molecule is O=C(Nc1ncc(Cc2cccc(C(F)(F)F)c2)s1)c1ccc2c(c1)OCO2. The van der Waals surface area contributed by atoms with Crippen molar-refractivity contribution in [1.82, 2.24) is 4.98 Å². The highest BCUT2D eigenvalue weighted by Crippen LogP contribution is 2.33. The fraction of sp³-hybridized carbons (Fsp3) is 0.158. The Hall–Kier alpha value is -3.07. The van der Waals surface area contributed by atoms with E-state index in [1.165, 1.54) is 17.4 Å². The van der Waals surface area contributed by atoms with Gasteiger partial charge < -0.3 is 9.47 Å². The highest BCUT2D eigenvalue weighted by Gasteiger charge is 2.30. The zero-order chi connectivity index (χ0) is 19.7. The van der Waals surface area contributed by atoms with Crippen LogP contribution in [0.1, 0.15) is 26.4 Å². The maximum atomic E-state index is 12.8. The summed E-state index contributed by atoms with van der Waals surface area (Å²) in [5.41, 5.74) is 0.219. The van der Waals surface area contributed by atoms with Crippen molar-refractivity contribution in [1.29, 1.82) is 0 Å². The van der Waals surface area contributed by atoms with Gasteiger partial charge in [-0.05, 0) is 29.8 Å². The van der Waals surface area contributed by atoms with E-state index in [9.17, 15) is 18.0 Å². The van der Waals surface area contributed by atoms with Gasteiger partial charge in [0.2, 0.25) is 6.79 Å². The van der Waals surface area contributed by atoms with E-state index < -0.39 is 11.7 Å². The first-order valence-electron chi connectivity index (χ1n) is 8.20. The standard InChI is InChI=1S/C19H13F3N2O3S/c20-19(21,22)13-3-1-2-11(6-13)7-14-9-23-18(28-14)24-17(25)12-4-5-15-16(8-12)27-10-26-15/h1-6,8-9H,7,10H2,(H,23,24,25). The molecule has 28 heavy (non-hydrogen) atoms. The fourth-order valence-corrected chi connectivity index (χ4v) is 3.55. The highest BCUT2D eigenvalue weighted by molar-refractivity contribution is 7.15. The molecule has 0 saturated carbocycles. The van der Waals surface area contributed by atoms with Crippen LogP contribution in [0.5, 0.6) is 11.5 Å².